The second kappa shape index (κ2) is 24.2. The molecule has 0 spiro atoms. The summed E-state index contributed by atoms with van der Waals surface area (Å²) >= 11 is 0. The van der Waals surface area contributed by atoms with Crippen LogP contribution in [0.4, 0.5) is 34.1 Å². The maximum atomic E-state index is 9.97. The molecule has 7 nitrogen and oxygen atoms in total. The van der Waals surface area contributed by atoms with E-state index in [-0.39, 0.29) is 55.6 Å². The molecule has 0 saturated carbocycles. The minimum absolute atomic E-state index is 0.00902. The smallest absolute Gasteiger partial charge is 0.252 e. The van der Waals surface area contributed by atoms with Crippen LogP contribution in [0.1, 0.15) is 116 Å². The van der Waals surface area contributed by atoms with Crippen LogP contribution >= 0.6 is 0 Å². The quantitative estimate of drug-likeness (QED) is 0.149. The lowest BCUT2D eigenvalue weighted by molar-refractivity contribution is 0.590. The summed E-state index contributed by atoms with van der Waals surface area (Å²) in [5.74, 6) is 0. The SMILES string of the molecule is [2H]c1c([2H])c([2H])c2c(c1[2H])c1c([2H])c([2H])c([2H])c([2H])c1n2-c1ccc2c(c1)N(c1cc(-c3ccccc3)cc3oc4ccccc4c13)c1cc(-n3c4ccc(C(C)(C)C)cc4c4cc(C(C)(C)C)ccc43)cc3c1B2c1ccc(-n2c4ccccc4c4cc(C(C)(C)C)ccc42)cc1N3c1cc(-c2ccc(C(C)(C)C)cc2)cc2oc3ccccc3c12. The molecule has 0 unspecified atom stereocenters. The number of rotatable bonds is 7. The summed E-state index contributed by atoms with van der Waals surface area (Å²) < 4.78 is 97.5. The monoisotopic (exact) mass is 1480 g/mol. The van der Waals surface area contributed by atoms with Crippen molar-refractivity contribution in [2.75, 3.05) is 9.80 Å². The van der Waals surface area contributed by atoms with Crippen LogP contribution in [0.2, 0.25) is 0 Å². The number of furan rings is 2. The van der Waals surface area contributed by atoms with Gasteiger partial charge in [0.25, 0.3) is 6.71 Å². The van der Waals surface area contributed by atoms with Gasteiger partial charge in [-0.1, -0.05) is 259 Å². The number of aromatic nitrogens is 3. The van der Waals surface area contributed by atoms with Gasteiger partial charge in [-0.05, 0) is 210 Å². The van der Waals surface area contributed by atoms with Gasteiger partial charge < -0.3 is 32.3 Å². The van der Waals surface area contributed by atoms with Gasteiger partial charge in [-0.2, -0.15) is 0 Å². The van der Waals surface area contributed by atoms with E-state index in [0.29, 0.717) is 22.5 Å². The van der Waals surface area contributed by atoms with Gasteiger partial charge in [0.2, 0.25) is 0 Å². The Kier molecular flexibility index (Phi) is 12.7. The Bertz CT molecular complexity index is 7850. The number of fused-ring (bicyclic) bond motifs is 19. The van der Waals surface area contributed by atoms with Gasteiger partial charge in [-0.15, -0.1) is 0 Å². The third-order valence-corrected chi connectivity index (χ3v) is 24.5. The lowest BCUT2D eigenvalue weighted by Gasteiger charge is -2.45. The van der Waals surface area contributed by atoms with Gasteiger partial charge in [0.05, 0.1) is 71.9 Å². The van der Waals surface area contributed by atoms with Crippen molar-refractivity contribution in [2.45, 2.75) is 105 Å². The van der Waals surface area contributed by atoms with Crippen LogP contribution in [0.15, 0.2) is 312 Å². The highest BCUT2D eigenvalue weighted by Crippen LogP contribution is 2.54. The Balaban J connectivity index is 0.952. The lowest BCUT2D eigenvalue weighted by atomic mass is 9.33. The molecule has 114 heavy (non-hydrogen) atoms. The summed E-state index contributed by atoms with van der Waals surface area (Å²) in [7, 11) is 0. The second-order valence-corrected chi connectivity index (χ2v) is 35.5. The van der Waals surface area contributed by atoms with Crippen molar-refractivity contribution in [1.82, 2.24) is 13.7 Å². The maximum absolute atomic E-state index is 9.97. The largest absolute Gasteiger partial charge is 0.456 e. The Labute approximate surface area is 675 Å². The average molecular weight is 1480 g/mol. The Hall–Kier alpha value is -13.0. The molecule has 7 heterocycles. The first kappa shape index (κ1) is 59.7. The number of para-hydroxylation sites is 5. The number of nitrogens with zero attached hydrogens (tertiary/aromatic N) is 5. The van der Waals surface area contributed by atoms with Crippen LogP contribution in [0, 0.1) is 0 Å². The zero-order valence-corrected chi connectivity index (χ0v) is 65.9. The molecule has 2 aliphatic rings. The van der Waals surface area contributed by atoms with E-state index in [4.69, 9.17) is 8.83 Å². The van der Waals surface area contributed by atoms with E-state index in [0.717, 1.165) is 155 Å². The molecule has 0 bridgehead atoms. The molecule has 5 aromatic heterocycles. The summed E-state index contributed by atoms with van der Waals surface area (Å²) in [6, 6.07) is 89.1. The number of hydrogen-bond donors (Lipinski definition) is 0. The highest BCUT2D eigenvalue weighted by atomic mass is 16.3. The van der Waals surface area contributed by atoms with Crippen molar-refractivity contribution in [3.05, 3.63) is 325 Å². The third-order valence-electron chi connectivity index (χ3n) is 24.5. The second-order valence-electron chi connectivity index (χ2n) is 35.5. The number of anilines is 6. The molecule has 0 saturated heterocycles. The summed E-state index contributed by atoms with van der Waals surface area (Å²) in [6.45, 7) is 26.6. The summed E-state index contributed by atoms with van der Waals surface area (Å²) in [4.78, 5) is 4.94. The summed E-state index contributed by atoms with van der Waals surface area (Å²) in [5, 5.41) is 8.09. The molecular formula is C106H86BN5O2. The van der Waals surface area contributed by atoms with Crippen molar-refractivity contribution in [1.29, 1.82) is 0 Å². The number of benzene rings is 15. The van der Waals surface area contributed by atoms with Crippen molar-refractivity contribution in [3.63, 3.8) is 0 Å². The van der Waals surface area contributed by atoms with Crippen molar-refractivity contribution in [2.24, 2.45) is 0 Å². The average Bonchev–Trinajstić information content (AvgIpc) is 1.07. The zero-order valence-electron chi connectivity index (χ0n) is 73.9. The Morgan fingerprint density at radius 2 is 0.640 bits per heavy atom. The number of hydrogen-bond acceptors (Lipinski definition) is 4. The molecule has 22 rings (SSSR count). The van der Waals surface area contributed by atoms with E-state index in [2.05, 4.69) is 326 Å². The van der Waals surface area contributed by atoms with Gasteiger partial charge >= 0.3 is 0 Å². The highest BCUT2D eigenvalue weighted by molar-refractivity contribution is 7.00. The van der Waals surface area contributed by atoms with Crippen LogP contribution in [-0.2, 0) is 21.7 Å². The molecule has 0 aliphatic carbocycles. The van der Waals surface area contributed by atoms with E-state index < -0.39 is 43.0 Å². The molecule has 550 valence electrons. The molecular weight excluding hydrogens is 1390 g/mol. The zero-order chi connectivity index (χ0) is 84.3. The summed E-state index contributed by atoms with van der Waals surface area (Å²) in [5.41, 5.74) is 25.1. The molecule has 0 amide bonds. The summed E-state index contributed by atoms with van der Waals surface area (Å²) in [6.07, 6.45) is 0. The molecule has 0 N–H and O–H groups in total. The van der Waals surface area contributed by atoms with E-state index in [1.165, 1.54) is 22.3 Å². The topological polar surface area (TPSA) is 47.6 Å². The minimum atomic E-state index is -0.588. The maximum Gasteiger partial charge on any atom is 0.252 e. The molecule has 0 atom stereocenters. The fourth-order valence-corrected chi connectivity index (χ4v) is 18.7. The highest BCUT2D eigenvalue weighted by Gasteiger charge is 2.46. The Morgan fingerprint density at radius 1 is 0.263 bits per heavy atom. The first-order valence-corrected chi connectivity index (χ1v) is 39.7. The van der Waals surface area contributed by atoms with Crippen molar-refractivity contribution in [3.8, 4) is 39.3 Å². The normalized spacial score (nSPS) is 14.4. The molecule has 15 aromatic carbocycles. The van der Waals surface area contributed by atoms with E-state index in [9.17, 15) is 11.0 Å². The van der Waals surface area contributed by atoms with Gasteiger partial charge in [-0.3, -0.25) is 0 Å². The van der Waals surface area contributed by atoms with Gasteiger partial charge in [-0.25, -0.2) is 0 Å². The predicted octanol–water partition coefficient (Wildman–Crippen LogP) is 27.4. The molecule has 20 aromatic rings. The fraction of sp³-hybridized carbons (Fsp3) is 0.151. The third kappa shape index (κ3) is 10.2. The van der Waals surface area contributed by atoms with Gasteiger partial charge in [0, 0.05) is 77.2 Å². The standard InChI is InChI=1S/C106H86BN5O2/c1-103(2,3)67-40-38-64(39-41-67)66-53-93(101-78-32-20-25-37-97(78)114-99(101)55-66)112-91-60-72(109-86-35-23-18-30-76(86)79-56-68(104(4,5)6)42-49-87(79)109)46-48-83(91)107-82-47-45-71(108-84-33-21-16-28-74(84)75-29-17-22-34-85(75)108)59-90(82)111(92-52-65(63-26-14-13-15-27-63)54-98-100(92)77-31-19-24-36-96(77)113-98)94-61-73(62-95(112)102(94)107)110-88-50-43-69(105(7,8)9)57-80(88)81-58-70(106(10,11)12)44-51-89(81)110/h13-62H,1-12H3/i16D,17D,21D,22D,28D,29D,33D,34D. The van der Waals surface area contributed by atoms with E-state index in [1.807, 2.05) is 30.3 Å². The van der Waals surface area contributed by atoms with Crippen LogP contribution in [0.5, 0.6) is 0 Å². The van der Waals surface area contributed by atoms with Crippen molar-refractivity contribution < 1.29 is 19.8 Å². The van der Waals surface area contributed by atoms with Crippen molar-refractivity contribution >= 4 is 167 Å². The lowest BCUT2D eigenvalue weighted by Crippen LogP contribution is -2.61. The minimum Gasteiger partial charge on any atom is -0.456 e. The predicted molar refractivity (Wildman–Crippen MR) is 484 cm³/mol. The van der Waals surface area contributed by atoms with Gasteiger partial charge in [0.15, 0.2) is 0 Å². The first-order chi connectivity index (χ1) is 58.4. The Morgan fingerprint density at radius 3 is 1.11 bits per heavy atom. The molecule has 8 heteroatoms. The van der Waals surface area contributed by atoms with Crippen LogP contribution in [0.25, 0.3) is 149 Å². The van der Waals surface area contributed by atoms with Gasteiger partial charge in [0.1, 0.15) is 22.3 Å². The fourth-order valence-electron chi connectivity index (χ4n) is 18.7. The van der Waals surface area contributed by atoms with Crippen LogP contribution in [0.3, 0.4) is 0 Å². The first-order valence-electron chi connectivity index (χ1n) is 43.7. The molecule has 0 radical (unpaired) electrons. The van der Waals surface area contributed by atoms with E-state index in [1.54, 1.807) is 4.57 Å². The molecule has 0 fully saturated rings. The molecule has 2 aliphatic heterocycles. The van der Waals surface area contributed by atoms with Crippen LogP contribution < -0.4 is 26.2 Å². The van der Waals surface area contributed by atoms with Crippen LogP contribution in [-0.4, -0.2) is 20.4 Å². The van der Waals surface area contributed by atoms with E-state index >= 15 is 0 Å².